The first-order valence-electron chi connectivity index (χ1n) is 9.85. The van der Waals surface area contributed by atoms with Crippen LogP contribution in [0.5, 0.6) is 5.75 Å². The molecular weight excluding hydrogens is 364 g/mol. The Morgan fingerprint density at radius 1 is 1.07 bits per heavy atom. The molecule has 0 unspecified atom stereocenters. The average Bonchev–Trinajstić information content (AvgIpc) is 3.13. The third-order valence-corrected chi connectivity index (χ3v) is 4.55. The van der Waals surface area contributed by atoms with E-state index in [9.17, 15) is 4.79 Å². The van der Waals surface area contributed by atoms with Gasteiger partial charge in [-0.05, 0) is 42.7 Å². The second kappa shape index (κ2) is 10.4. The van der Waals surface area contributed by atoms with Crippen molar-refractivity contribution in [1.29, 1.82) is 0 Å². The Labute approximate surface area is 171 Å². The Morgan fingerprint density at radius 2 is 1.83 bits per heavy atom. The van der Waals surface area contributed by atoms with Crippen molar-refractivity contribution in [3.8, 4) is 5.75 Å². The fourth-order valence-electron chi connectivity index (χ4n) is 2.98. The van der Waals surface area contributed by atoms with Gasteiger partial charge in [-0.15, -0.1) is 0 Å². The summed E-state index contributed by atoms with van der Waals surface area (Å²) in [7, 11) is 1.91. The van der Waals surface area contributed by atoms with Crippen LogP contribution in [-0.2, 0) is 24.9 Å². The lowest BCUT2D eigenvalue weighted by molar-refractivity contribution is -0.116. The highest BCUT2D eigenvalue weighted by atomic mass is 16.5. The zero-order valence-electron chi connectivity index (χ0n) is 17.0. The molecule has 29 heavy (non-hydrogen) atoms. The number of benzene rings is 2. The van der Waals surface area contributed by atoms with Gasteiger partial charge >= 0.3 is 0 Å². The third kappa shape index (κ3) is 6.76. The molecule has 3 aromatic rings. The van der Waals surface area contributed by atoms with Gasteiger partial charge in [0.25, 0.3) is 0 Å². The van der Waals surface area contributed by atoms with Crippen molar-refractivity contribution in [2.24, 2.45) is 7.05 Å². The molecule has 1 heterocycles. The van der Waals surface area contributed by atoms with Crippen LogP contribution in [0.4, 0.5) is 5.69 Å². The zero-order valence-corrected chi connectivity index (χ0v) is 17.0. The van der Waals surface area contributed by atoms with Gasteiger partial charge in [-0.25, -0.2) is 0 Å². The van der Waals surface area contributed by atoms with Gasteiger partial charge in [0.05, 0.1) is 12.8 Å². The summed E-state index contributed by atoms with van der Waals surface area (Å²) in [6.07, 6.45) is 4.96. The van der Waals surface area contributed by atoms with E-state index in [4.69, 9.17) is 4.74 Å². The first-order valence-corrected chi connectivity index (χ1v) is 9.85. The SMILES string of the molecule is Cc1ccccc1OCCCC(=O)Nc1ccc(CNCc2cnn(C)c2)cc1. The van der Waals surface area contributed by atoms with E-state index in [-0.39, 0.29) is 5.91 Å². The predicted molar refractivity (Wildman–Crippen MR) is 115 cm³/mol. The van der Waals surface area contributed by atoms with Crippen molar-refractivity contribution in [2.45, 2.75) is 32.9 Å². The van der Waals surface area contributed by atoms with Crippen molar-refractivity contribution in [3.05, 3.63) is 77.6 Å². The van der Waals surface area contributed by atoms with Crippen LogP contribution in [-0.4, -0.2) is 22.3 Å². The molecule has 3 rings (SSSR count). The average molecular weight is 393 g/mol. The number of carbonyl (C=O) groups is 1. The minimum Gasteiger partial charge on any atom is -0.493 e. The summed E-state index contributed by atoms with van der Waals surface area (Å²) in [5.41, 5.74) is 4.24. The maximum atomic E-state index is 12.1. The molecule has 0 aliphatic carbocycles. The highest BCUT2D eigenvalue weighted by Crippen LogP contribution is 2.16. The number of aromatic nitrogens is 2. The van der Waals surface area contributed by atoms with Crippen LogP contribution in [0.3, 0.4) is 0 Å². The van der Waals surface area contributed by atoms with Crippen LogP contribution in [0.1, 0.15) is 29.5 Å². The minimum atomic E-state index is 0.000774. The first-order chi connectivity index (χ1) is 14.1. The maximum Gasteiger partial charge on any atom is 0.224 e. The van der Waals surface area contributed by atoms with Gasteiger partial charge in [0.1, 0.15) is 5.75 Å². The third-order valence-electron chi connectivity index (χ3n) is 4.55. The summed E-state index contributed by atoms with van der Waals surface area (Å²) < 4.78 is 7.53. The molecule has 0 spiro atoms. The monoisotopic (exact) mass is 392 g/mol. The van der Waals surface area contributed by atoms with Crippen molar-refractivity contribution < 1.29 is 9.53 Å². The van der Waals surface area contributed by atoms with E-state index in [1.165, 1.54) is 5.56 Å². The second-order valence-electron chi connectivity index (χ2n) is 7.09. The predicted octanol–water partition coefficient (Wildman–Crippen LogP) is 3.82. The van der Waals surface area contributed by atoms with E-state index >= 15 is 0 Å². The Kier molecular flexibility index (Phi) is 7.41. The van der Waals surface area contributed by atoms with Crippen LogP contribution >= 0.6 is 0 Å². The first kappa shape index (κ1) is 20.6. The van der Waals surface area contributed by atoms with Gasteiger partial charge in [0.15, 0.2) is 0 Å². The number of hydrogen-bond donors (Lipinski definition) is 2. The van der Waals surface area contributed by atoms with Gasteiger partial charge in [0.2, 0.25) is 5.91 Å². The Bertz CT molecular complexity index is 919. The highest BCUT2D eigenvalue weighted by molar-refractivity contribution is 5.90. The normalized spacial score (nSPS) is 10.7. The second-order valence-corrected chi connectivity index (χ2v) is 7.09. The van der Waals surface area contributed by atoms with Crippen molar-refractivity contribution in [1.82, 2.24) is 15.1 Å². The smallest absolute Gasteiger partial charge is 0.224 e. The molecule has 0 radical (unpaired) electrons. The summed E-state index contributed by atoms with van der Waals surface area (Å²) >= 11 is 0. The lowest BCUT2D eigenvalue weighted by Crippen LogP contribution is -2.14. The van der Waals surface area contributed by atoms with Crippen LogP contribution in [0.25, 0.3) is 0 Å². The lowest BCUT2D eigenvalue weighted by Gasteiger charge is -2.09. The summed E-state index contributed by atoms with van der Waals surface area (Å²) in [6.45, 7) is 4.08. The molecule has 0 saturated carbocycles. The number of nitrogens with one attached hydrogen (secondary N) is 2. The number of carbonyl (C=O) groups excluding carboxylic acids is 1. The number of nitrogens with zero attached hydrogens (tertiary/aromatic N) is 2. The fraction of sp³-hybridized carbons (Fsp3) is 0.304. The topological polar surface area (TPSA) is 68.2 Å². The van der Waals surface area contributed by atoms with Crippen molar-refractivity contribution in [2.75, 3.05) is 11.9 Å². The molecule has 1 aromatic heterocycles. The summed E-state index contributed by atoms with van der Waals surface area (Å²) in [5, 5.41) is 10.5. The molecule has 152 valence electrons. The number of amides is 1. The molecule has 0 saturated heterocycles. The maximum absolute atomic E-state index is 12.1. The fourth-order valence-corrected chi connectivity index (χ4v) is 2.98. The summed E-state index contributed by atoms with van der Waals surface area (Å²) in [4.78, 5) is 12.1. The van der Waals surface area contributed by atoms with Gasteiger partial charge in [-0.3, -0.25) is 9.48 Å². The molecule has 0 atom stereocenters. The van der Waals surface area contributed by atoms with Crippen LogP contribution in [0.2, 0.25) is 0 Å². The van der Waals surface area contributed by atoms with Crippen LogP contribution in [0.15, 0.2) is 60.9 Å². The summed E-state index contributed by atoms with van der Waals surface area (Å²) in [6, 6.07) is 15.8. The number of para-hydroxylation sites is 1. The Balaban J connectivity index is 1.34. The Morgan fingerprint density at radius 3 is 2.55 bits per heavy atom. The molecule has 6 heteroatoms. The van der Waals surface area contributed by atoms with Gasteiger partial charge in [-0.2, -0.15) is 5.10 Å². The molecule has 0 aliphatic rings. The van der Waals surface area contributed by atoms with Gasteiger partial charge < -0.3 is 15.4 Å². The molecule has 2 aromatic carbocycles. The largest absolute Gasteiger partial charge is 0.493 e. The number of hydrogen-bond acceptors (Lipinski definition) is 4. The van der Waals surface area contributed by atoms with E-state index in [0.29, 0.717) is 19.4 Å². The molecular formula is C23H28N4O2. The number of anilines is 1. The van der Waals surface area contributed by atoms with E-state index in [0.717, 1.165) is 35.7 Å². The number of ether oxygens (including phenoxy) is 1. The molecule has 0 bridgehead atoms. The van der Waals surface area contributed by atoms with Crippen molar-refractivity contribution in [3.63, 3.8) is 0 Å². The van der Waals surface area contributed by atoms with Gasteiger partial charge in [0, 0.05) is 44.0 Å². The molecule has 6 nitrogen and oxygen atoms in total. The molecule has 2 N–H and O–H groups in total. The van der Waals surface area contributed by atoms with Crippen LogP contribution < -0.4 is 15.4 Å². The van der Waals surface area contributed by atoms with E-state index in [1.807, 2.05) is 74.9 Å². The highest BCUT2D eigenvalue weighted by Gasteiger charge is 2.04. The zero-order chi connectivity index (χ0) is 20.5. The summed E-state index contributed by atoms with van der Waals surface area (Å²) in [5.74, 6) is 0.876. The quantitative estimate of drug-likeness (QED) is 0.515. The van der Waals surface area contributed by atoms with E-state index in [2.05, 4.69) is 15.7 Å². The number of rotatable bonds is 10. The van der Waals surface area contributed by atoms with Gasteiger partial charge in [-0.1, -0.05) is 30.3 Å². The van der Waals surface area contributed by atoms with Crippen molar-refractivity contribution >= 4 is 11.6 Å². The minimum absolute atomic E-state index is 0.000774. The van der Waals surface area contributed by atoms with E-state index < -0.39 is 0 Å². The number of aryl methyl sites for hydroxylation is 2. The molecule has 1 amide bonds. The molecule has 0 aliphatic heterocycles. The lowest BCUT2D eigenvalue weighted by atomic mass is 10.2. The standard InChI is InChI=1S/C23H28N4O2/c1-18-6-3-4-7-22(18)29-13-5-8-23(28)26-21-11-9-19(10-12-21)14-24-15-20-16-25-27(2)17-20/h3-4,6-7,9-12,16-17,24H,5,8,13-15H2,1-2H3,(H,26,28). The van der Waals surface area contributed by atoms with E-state index in [1.54, 1.807) is 4.68 Å². The van der Waals surface area contributed by atoms with Crippen LogP contribution in [0, 0.1) is 6.92 Å². The molecule has 0 fully saturated rings. The Hall–Kier alpha value is -3.12.